The summed E-state index contributed by atoms with van der Waals surface area (Å²) in [5, 5.41) is 8.46. The van der Waals surface area contributed by atoms with Crippen molar-refractivity contribution in [2.45, 2.75) is 57.5 Å². The highest BCUT2D eigenvalue weighted by atomic mass is 16.2. The van der Waals surface area contributed by atoms with Crippen molar-refractivity contribution in [1.82, 2.24) is 20.0 Å². The lowest BCUT2D eigenvalue weighted by Gasteiger charge is -2.27. The number of carbonyl (C=O) groups excluding carboxylic acids is 1. The summed E-state index contributed by atoms with van der Waals surface area (Å²) in [7, 11) is 0. The van der Waals surface area contributed by atoms with Crippen LogP contribution in [0.5, 0.6) is 0 Å². The van der Waals surface area contributed by atoms with Crippen molar-refractivity contribution < 1.29 is 4.79 Å². The van der Waals surface area contributed by atoms with Gasteiger partial charge in [-0.2, -0.15) is 5.10 Å². The Morgan fingerprint density at radius 2 is 2.00 bits per heavy atom. The average Bonchev–Trinajstić information content (AvgIpc) is 3.13. The molecule has 29 heavy (non-hydrogen) atoms. The number of piperidine rings is 1. The van der Waals surface area contributed by atoms with Gasteiger partial charge in [-0.15, -0.1) is 6.58 Å². The van der Waals surface area contributed by atoms with Crippen LogP contribution < -0.4 is 5.32 Å². The molecule has 2 aromatic rings. The van der Waals surface area contributed by atoms with Gasteiger partial charge < -0.3 is 10.2 Å². The molecule has 1 atom stereocenters. The molecule has 1 fully saturated rings. The Kier molecular flexibility index (Phi) is 6.45. The number of carbonyl (C=O) groups is 1. The monoisotopic (exact) mass is 392 g/mol. The summed E-state index contributed by atoms with van der Waals surface area (Å²) >= 11 is 0. The van der Waals surface area contributed by atoms with E-state index in [4.69, 9.17) is 5.10 Å². The SMILES string of the molecule is C=CCn1nc(C(=O)N2CCCCC2)c2c1CCC(NCCc1ccccc1)C2. The quantitative estimate of drug-likeness (QED) is 0.735. The Morgan fingerprint density at radius 1 is 1.21 bits per heavy atom. The van der Waals surface area contributed by atoms with E-state index in [0.29, 0.717) is 18.3 Å². The predicted molar refractivity (Wildman–Crippen MR) is 116 cm³/mol. The van der Waals surface area contributed by atoms with Gasteiger partial charge in [0.05, 0.1) is 6.54 Å². The summed E-state index contributed by atoms with van der Waals surface area (Å²) in [4.78, 5) is 15.2. The lowest BCUT2D eigenvalue weighted by Crippen LogP contribution is -2.38. The van der Waals surface area contributed by atoms with Gasteiger partial charge >= 0.3 is 0 Å². The third-order valence-corrected chi connectivity index (χ3v) is 6.18. The minimum atomic E-state index is 0.119. The average molecular weight is 393 g/mol. The highest BCUT2D eigenvalue weighted by molar-refractivity contribution is 5.94. The molecule has 0 radical (unpaired) electrons. The second-order valence-corrected chi connectivity index (χ2v) is 8.23. The van der Waals surface area contributed by atoms with E-state index in [0.717, 1.165) is 63.7 Å². The largest absolute Gasteiger partial charge is 0.337 e. The fourth-order valence-corrected chi connectivity index (χ4v) is 4.62. The van der Waals surface area contributed by atoms with Crippen molar-refractivity contribution in [3.8, 4) is 0 Å². The van der Waals surface area contributed by atoms with Gasteiger partial charge in [-0.3, -0.25) is 9.48 Å². The van der Waals surface area contributed by atoms with Crippen LogP contribution in [-0.2, 0) is 25.8 Å². The second-order valence-electron chi connectivity index (χ2n) is 8.23. The van der Waals surface area contributed by atoms with Gasteiger partial charge in [-0.25, -0.2) is 0 Å². The Labute approximate surface area is 173 Å². The Balaban J connectivity index is 1.46. The number of hydrogen-bond acceptors (Lipinski definition) is 3. The normalized spacial score (nSPS) is 19.0. The smallest absolute Gasteiger partial charge is 0.274 e. The van der Waals surface area contributed by atoms with E-state index >= 15 is 0 Å². The molecule has 0 saturated carbocycles. The standard InChI is InChI=1S/C24H32N4O/c1-2-15-28-22-12-11-20(25-14-13-19-9-5-3-6-10-19)18-21(22)23(26-28)24(29)27-16-7-4-8-17-27/h2-3,5-6,9-10,20,25H,1,4,7-8,11-18H2. The molecule has 1 aliphatic heterocycles. The van der Waals surface area contributed by atoms with Crippen LogP contribution in [0.1, 0.15) is 53.0 Å². The molecule has 0 bridgehead atoms. The van der Waals surface area contributed by atoms with Crippen LogP contribution >= 0.6 is 0 Å². The van der Waals surface area contributed by atoms with Crippen molar-refractivity contribution >= 4 is 5.91 Å². The van der Waals surface area contributed by atoms with E-state index in [1.807, 2.05) is 15.7 Å². The van der Waals surface area contributed by atoms with Crippen molar-refractivity contribution in [3.63, 3.8) is 0 Å². The third kappa shape index (κ3) is 4.61. The molecule has 1 aromatic heterocycles. The number of fused-ring (bicyclic) bond motifs is 1. The molecule has 0 spiro atoms. The minimum Gasteiger partial charge on any atom is -0.337 e. The van der Waals surface area contributed by atoms with E-state index in [1.54, 1.807) is 0 Å². The molecule has 154 valence electrons. The molecule has 1 aliphatic carbocycles. The molecule has 4 rings (SSSR count). The van der Waals surface area contributed by atoms with Gasteiger partial charge in [-0.05, 0) is 57.1 Å². The molecule has 1 unspecified atom stereocenters. The second kappa shape index (κ2) is 9.40. The first kappa shape index (κ1) is 19.9. The minimum absolute atomic E-state index is 0.119. The lowest BCUT2D eigenvalue weighted by atomic mass is 9.90. The highest BCUT2D eigenvalue weighted by Gasteiger charge is 2.31. The zero-order valence-corrected chi connectivity index (χ0v) is 17.3. The summed E-state index contributed by atoms with van der Waals surface area (Å²) in [6.45, 7) is 7.22. The summed E-state index contributed by atoms with van der Waals surface area (Å²) in [5.74, 6) is 0.119. The number of likely N-dealkylation sites (tertiary alicyclic amines) is 1. The summed E-state index contributed by atoms with van der Waals surface area (Å²) < 4.78 is 2.00. The van der Waals surface area contributed by atoms with Gasteiger partial charge in [-0.1, -0.05) is 36.4 Å². The maximum atomic E-state index is 13.2. The van der Waals surface area contributed by atoms with Gasteiger partial charge in [0.25, 0.3) is 5.91 Å². The molecular formula is C24H32N4O. The number of allylic oxidation sites excluding steroid dienone is 1. The van der Waals surface area contributed by atoms with Crippen LogP contribution in [0.25, 0.3) is 0 Å². The summed E-state index contributed by atoms with van der Waals surface area (Å²) in [6, 6.07) is 11.0. The van der Waals surface area contributed by atoms with Crippen LogP contribution in [0.15, 0.2) is 43.0 Å². The summed E-state index contributed by atoms with van der Waals surface area (Å²) in [5.41, 5.74) is 4.42. The number of benzene rings is 1. The lowest BCUT2D eigenvalue weighted by molar-refractivity contribution is 0.0716. The van der Waals surface area contributed by atoms with Crippen molar-refractivity contribution in [1.29, 1.82) is 0 Å². The molecule has 5 nitrogen and oxygen atoms in total. The number of rotatable bonds is 7. The maximum absolute atomic E-state index is 13.2. The van der Waals surface area contributed by atoms with Gasteiger partial charge in [0.1, 0.15) is 0 Å². The van der Waals surface area contributed by atoms with Crippen LogP contribution in [0.4, 0.5) is 0 Å². The van der Waals surface area contributed by atoms with E-state index < -0.39 is 0 Å². The number of nitrogens with zero attached hydrogens (tertiary/aromatic N) is 3. The van der Waals surface area contributed by atoms with Crippen LogP contribution in [0.3, 0.4) is 0 Å². The van der Waals surface area contributed by atoms with Gasteiger partial charge in [0.2, 0.25) is 0 Å². The first-order chi connectivity index (χ1) is 14.3. The van der Waals surface area contributed by atoms with Crippen molar-refractivity contribution in [2.75, 3.05) is 19.6 Å². The zero-order valence-electron chi connectivity index (χ0n) is 17.3. The van der Waals surface area contributed by atoms with Gasteiger partial charge in [0, 0.05) is 30.4 Å². The summed E-state index contributed by atoms with van der Waals surface area (Å²) in [6.07, 6.45) is 9.26. The third-order valence-electron chi connectivity index (χ3n) is 6.18. The first-order valence-corrected chi connectivity index (χ1v) is 11.0. The molecule has 1 amide bonds. The number of amides is 1. The molecule has 5 heteroatoms. The fourth-order valence-electron chi connectivity index (χ4n) is 4.62. The molecular weight excluding hydrogens is 360 g/mol. The fraction of sp³-hybridized carbons (Fsp3) is 0.500. The van der Waals surface area contributed by atoms with Crippen LogP contribution in [-0.4, -0.2) is 46.3 Å². The zero-order chi connectivity index (χ0) is 20.1. The Morgan fingerprint density at radius 3 is 2.76 bits per heavy atom. The highest BCUT2D eigenvalue weighted by Crippen LogP contribution is 2.27. The Hall–Kier alpha value is -2.40. The Bertz CT molecular complexity index is 836. The maximum Gasteiger partial charge on any atom is 0.274 e. The van der Waals surface area contributed by atoms with Crippen molar-refractivity contribution in [3.05, 3.63) is 65.5 Å². The van der Waals surface area contributed by atoms with Crippen molar-refractivity contribution in [2.24, 2.45) is 0 Å². The topological polar surface area (TPSA) is 50.2 Å². The van der Waals surface area contributed by atoms with Crippen LogP contribution in [0, 0.1) is 0 Å². The van der Waals surface area contributed by atoms with E-state index in [9.17, 15) is 4.79 Å². The van der Waals surface area contributed by atoms with Crippen LogP contribution in [0.2, 0.25) is 0 Å². The number of aromatic nitrogens is 2. The van der Waals surface area contributed by atoms with E-state index in [2.05, 4.69) is 42.2 Å². The van der Waals surface area contributed by atoms with E-state index in [1.165, 1.54) is 17.7 Å². The van der Waals surface area contributed by atoms with E-state index in [-0.39, 0.29) is 5.91 Å². The molecule has 1 saturated heterocycles. The molecule has 1 N–H and O–H groups in total. The molecule has 2 heterocycles. The molecule has 1 aromatic carbocycles. The predicted octanol–water partition coefficient (Wildman–Crippen LogP) is 3.38. The molecule has 2 aliphatic rings. The number of nitrogens with one attached hydrogen (secondary N) is 1. The van der Waals surface area contributed by atoms with Gasteiger partial charge in [0.15, 0.2) is 5.69 Å². The number of hydrogen-bond donors (Lipinski definition) is 1. The first-order valence-electron chi connectivity index (χ1n) is 11.0.